The summed E-state index contributed by atoms with van der Waals surface area (Å²) in [6.07, 6.45) is 0. The summed E-state index contributed by atoms with van der Waals surface area (Å²) >= 11 is 0. The van der Waals surface area contributed by atoms with E-state index in [0.29, 0.717) is 5.56 Å². The molecule has 1 N–H and O–H groups in total. The van der Waals surface area contributed by atoms with Gasteiger partial charge in [-0.3, -0.25) is 0 Å². The summed E-state index contributed by atoms with van der Waals surface area (Å²) < 4.78 is 4.44. The lowest BCUT2D eigenvalue weighted by Gasteiger charge is -1.94. The Morgan fingerprint density at radius 3 is 2.80 bits per heavy atom. The number of hydrogen-bond acceptors (Lipinski definition) is 4. The van der Waals surface area contributed by atoms with Crippen molar-refractivity contribution in [3.05, 3.63) is 34.9 Å². The summed E-state index contributed by atoms with van der Waals surface area (Å²) in [5.74, 6) is 3.68. The molecule has 0 amide bonds. The summed E-state index contributed by atoms with van der Waals surface area (Å²) in [5, 5.41) is 8.54. The van der Waals surface area contributed by atoms with Crippen LogP contribution < -0.4 is 0 Å². The van der Waals surface area contributed by atoms with Gasteiger partial charge in [-0.25, -0.2) is 9.59 Å². The largest absolute Gasteiger partial charge is 0.386 e. The van der Waals surface area contributed by atoms with E-state index in [2.05, 4.69) is 16.6 Å². The molecular formula is C11H6O4. The average molecular weight is 202 g/mol. The van der Waals surface area contributed by atoms with Gasteiger partial charge in [0.2, 0.25) is 0 Å². The standard InChI is InChI=1S/C11H6O4/c12-6-2-4-7-3-1-5-8-9(7)11(14)15-10(8)13/h1,3,5,12H,6H2. The summed E-state index contributed by atoms with van der Waals surface area (Å²) in [4.78, 5) is 22.4. The number of aliphatic hydroxyl groups excluding tert-OH is 1. The van der Waals surface area contributed by atoms with Gasteiger partial charge in [-0.05, 0) is 12.1 Å². The van der Waals surface area contributed by atoms with Crippen molar-refractivity contribution in [2.24, 2.45) is 0 Å². The van der Waals surface area contributed by atoms with E-state index in [0.717, 1.165) is 0 Å². The van der Waals surface area contributed by atoms with Crippen molar-refractivity contribution in [3.63, 3.8) is 0 Å². The van der Waals surface area contributed by atoms with E-state index in [1.165, 1.54) is 6.07 Å². The second kappa shape index (κ2) is 3.56. The van der Waals surface area contributed by atoms with Gasteiger partial charge < -0.3 is 9.84 Å². The maximum atomic E-state index is 11.3. The third-order valence-corrected chi connectivity index (χ3v) is 1.98. The fourth-order valence-electron chi connectivity index (χ4n) is 1.37. The number of hydrogen-bond donors (Lipinski definition) is 1. The fourth-order valence-corrected chi connectivity index (χ4v) is 1.37. The summed E-state index contributed by atoms with van der Waals surface area (Å²) in [6.45, 7) is -0.299. The summed E-state index contributed by atoms with van der Waals surface area (Å²) in [6, 6.07) is 4.72. The molecule has 4 nitrogen and oxygen atoms in total. The van der Waals surface area contributed by atoms with Crippen LogP contribution in [0, 0.1) is 11.8 Å². The Bertz CT molecular complexity index is 505. The molecular weight excluding hydrogens is 196 g/mol. The number of cyclic esters (lactones) is 2. The smallest absolute Gasteiger partial charge is 0.348 e. The van der Waals surface area contributed by atoms with Crippen molar-refractivity contribution in [2.45, 2.75) is 0 Å². The molecule has 15 heavy (non-hydrogen) atoms. The van der Waals surface area contributed by atoms with Crippen LogP contribution >= 0.6 is 0 Å². The zero-order chi connectivity index (χ0) is 10.8. The number of aliphatic hydroxyl groups is 1. The van der Waals surface area contributed by atoms with Crippen LogP contribution in [0.2, 0.25) is 0 Å². The van der Waals surface area contributed by atoms with Crippen LogP contribution in [0.4, 0.5) is 0 Å². The van der Waals surface area contributed by atoms with Crippen LogP contribution in [-0.4, -0.2) is 23.7 Å². The van der Waals surface area contributed by atoms with E-state index in [-0.39, 0.29) is 17.7 Å². The highest BCUT2D eigenvalue weighted by molar-refractivity contribution is 6.15. The minimum absolute atomic E-state index is 0.184. The Balaban J connectivity index is 2.60. The second-order valence-electron chi connectivity index (χ2n) is 2.87. The molecule has 0 radical (unpaired) electrons. The zero-order valence-electron chi connectivity index (χ0n) is 7.61. The molecule has 1 aliphatic rings. The highest BCUT2D eigenvalue weighted by Crippen LogP contribution is 2.22. The normalized spacial score (nSPS) is 12.9. The lowest BCUT2D eigenvalue weighted by molar-refractivity contribution is 0.0443. The van der Waals surface area contributed by atoms with Crippen molar-refractivity contribution in [2.75, 3.05) is 6.61 Å². The van der Waals surface area contributed by atoms with E-state index in [4.69, 9.17) is 5.11 Å². The first-order valence-corrected chi connectivity index (χ1v) is 4.23. The predicted molar refractivity (Wildman–Crippen MR) is 50.2 cm³/mol. The molecule has 0 bridgehead atoms. The van der Waals surface area contributed by atoms with Crippen molar-refractivity contribution < 1.29 is 19.4 Å². The summed E-state index contributed by atoms with van der Waals surface area (Å²) in [7, 11) is 0. The highest BCUT2D eigenvalue weighted by Gasteiger charge is 2.31. The first kappa shape index (κ1) is 9.44. The molecule has 1 aliphatic heterocycles. The Hall–Kier alpha value is -2.12. The van der Waals surface area contributed by atoms with Crippen molar-refractivity contribution >= 4 is 11.9 Å². The van der Waals surface area contributed by atoms with Gasteiger partial charge in [-0.1, -0.05) is 17.9 Å². The number of esters is 2. The molecule has 0 saturated carbocycles. The minimum atomic E-state index is -0.683. The van der Waals surface area contributed by atoms with Crippen molar-refractivity contribution in [1.29, 1.82) is 0 Å². The number of carbonyl (C=O) groups is 2. The molecule has 0 unspecified atom stereocenters. The van der Waals surface area contributed by atoms with E-state index in [1.807, 2.05) is 0 Å². The molecule has 0 fully saturated rings. The molecule has 1 aromatic rings. The third kappa shape index (κ3) is 1.49. The molecule has 74 valence electrons. The monoisotopic (exact) mass is 202 g/mol. The number of carbonyl (C=O) groups excluding carboxylic acids is 2. The van der Waals surface area contributed by atoms with E-state index >= 15 is 0 Å². The third-order valence-electron chi connectivity index (χ3n) is 1.98. The number of fused-ring (bicyclic) bond motifs is 1. The van der Waals surface area contributed by atoms with Gasteiger partial charge in [0.25, 0.3) is 0 Å². The average Bonchev–Trinajstić information content (AvgIpc) is 2.53. The maximum absolute atomic E-state index is 11.3. The second-order valence-corrected chi connectivity index (χ2v) is 2.87. The number of rotatable bonds is 0. The summed E-state index contributed by atoms with van der Waals surface area (Å²) in [5.41, 5.74) is 0.811. The molecule has 0 saturated heterocycles. The quantitative estimate of drug-likeness (QED) is 0.374. The number of ether oxygens (including phenoxy) is 1. The molecule has 0 aromatic heterocycles. The molecule has 1 heterocycles. The zero-order valence-corrected chi connectivity index (χ0v) is 7.61. The van der Waals surface area contributed by atoms with Crippen LogP contribution in [0.25, 0.3) is 0 Å². The topological polar surface area (TPSA) is 63.6 Å². The predicted octanol–water partition coefficient (Wildman–Crippen LogP) is 0.341. The van der Waals surface area contributed by atoms with Crippen molar-refractivity contribution in [3.8, 4) is 11.8 Å². The maximum Gasteiger partial charge on any atom is 0.348 e. The molecule has 0 aliphatic carbocycles. The molecule has 4 heteroatoms. The lowest BCUT2D eigenvalue weighted by atomic mass is 10.0. The Morgan fingerprint density at radius 1 is 1.27 bits per heavy atom. The molecule has 0 atom stereocenters. The van der Waals surface area contributed by atoms with Crippen LogP contribution in [0.3, 0.4) is 0 Å². The van der Waals surface area contributed by atoms with E-state index < -0.39 is 11.9 Å². The van der Waals surface area contributed by atoms with Gasteiger partial charge in [0.15, 0.2) is 0 Å². The SMILES string of the molecule is O=C1OC(=O)c2c(C#CCO)cccc21. The molecule has 1 aromatic carbocycles. The fraction of sp³-hybridized carbons (Fsp3) is 0.0909. The van der Waals surface area contributed by atoms with Crippen LogP contribution in [-0.2, 0) is 4.74 Å². The first-order valence-electron chi connectivity index (χ1n) is 4.23. The van der Waals surface area contributed by atoms with E-state index in [9.17, 15) is 9.59 Å². The van der Waals surface area contributed by atoms with Crippen LogP contribution in [0.15, 0.2) is 18.2 Å². The van der Waals surface area contributed by atoms with Gasteiger partial charge in [0.1, 0.15) is 6.61 Å². The van der Waals surface area contributed by atoms with Gasteiger partial charge >= 0.3 is 11.9 Å². The van der Waals surface area contributed by atoms with Crippen LogP contribution in [0.1, 0.15) is 26.3 Å². The first-order chi connectivity index (χ1) is 7.24. The van der Waals surface area contributed by atoms with Gasteiger partial charge in [-0.15, -0.1) is 0 Å². The van der Waals surface area contributed by atoms with E-state index in [1.54, 1.807) is 12.1 Å². The minimum Gasteiger partial charge on any atom is -0.386 e. The van der Waals surface area contributed by atoms with Gasteiger partial charge in [0, 0.05) is 5.56 Å². The van der Waals surface area contributed by atoms with Gasteiger partial charge in [0.05, 0.1) is 11.1 Å². The Morgan fingerprint density at radius 2 is 2.07 bits per heavy atom. The van der Waals surface area contributed by atoms with Crippen molar-refractivity contribution in [1.82, 2.24) is 0 Å². The molecule has 2 rings (SSSR count). The molecule has 0 spiro atoms. The Kier molecular flexibility index (Phi) is 2.24. The Labute approximate surface area is 85.5 Å². The van der Waals surface area contributed by atoms with Gasteiger partial charge in [-0.2, -0.15) is 0 Å². The highest BCUT2D eigenvalue weighted by atomic mass is 16.6. The number of benzene rings is 1. The van der Waals surface area contributed by atoms with Crippen LogP contribution in [0.5, 0.6) is 0 Å². The lowest BCUT2D eigenvalue weighted by Crippen LogP contribution is -1.98.